The summed E-state index contributed by atoms with van der Waals surface area (Å²) in [4.78, 5) is -0.115. The number of nitrogens with two attached hydrogens (primary N) is 1. The maximum absolute atomic E-state index is 12.1. The first-order valence-electron chi connectivity index (χ1n) is 5.55. The van der Waals surface area contributed by atoms with Crippen LogP contribution in [0.15, 0.2) is 17.0 Å². The summed E-state index contributed by atoms with van der Waals surface area (Å²) >= 11 is 13.3. The maximum atomic E-state index is 12.1. The lowest BCUT2D eigenvalue weighted by Crippen LogP contribution is -2.27. The van der Waals surface area contributed by atoms with Crippen molar-refractivity contribution >= 4 is 50.7 Å². The summed E-state index contributed by atoms with van der Waals surface area (Å²) in [6.07, 6.45) is 2.71. The Labute approximate surface area is 128 Å². The van der Waals surface area contributed by atoms with Gasteiger partial charge in [-0.25, -0.2) is 13.1 Å². The van der Waals surface area contributed by atoms with Crippen LogP contribution < -0.4 is 10.5 Å². The second-order valence-electron chi connectivity index (χ2n) is 4.04. The monoisotopic (exact) mass is 342 g/mol. The molecule has 4 nitrogen and oxygen atoms in total. The Balaban J connectivity index is 2.89. The van der Waals surface area contributed by atoms with Gasteiger partial charge in [0.05, 0.1) is 10.7 Å². The topological polar surface area (TPSA) is 72.2 Å². The lowest BCUT2D eigenvalue weighted by molar-refractivity contribution is 0.579. The average molecular weight is 343 g/mol. The zero-order chi connectivity index (χ0) is 14.6. The molecule has 0 heterocycles. The average Bonchev–Trinajstić information content (AvgIpc) is 2.26. The smallest absolute Gasteiger partial charge is 0.244 e. The lowest BCUT2D eigenvalue weighted by atomic mass is 10.3. The molecule has 0 aromatic heterocycles. The van der Waals surface area contributed by atoms with Gasteiger partial charge in [0, 0.05) is 16.8 Å². The van der Waals surface area contributed by atoms with Crippen molar-refractivity contribution in [1.82, 2.24) is 4.72 Å². The third-order valence-electron chi connectivity index (χ3n) is 2.55. The van der Waals surface area contributed by atoms with Gasteiger partial charge in [-0.1, -0.05) is 30.1 Å². The van der Waals surface area contributed by atoms with E-state index in [1.54, 1.807) is 11.8 Å². The molecule has 0 spiro atoms. The largest absolute Gasteiger partial charge is 0.398 e. The molecule has 0 saturated heterocycles. The zero-order valence-electron chi connectivity index (χ0n) is 10.6. The Morgan fingerprint density at radius 2 is 2.05 bits per heavy atom. The van der Waals surface area contributed by atoms with E-state index in [-0.39, 0.29) is 15.6 Å². The van der Waals surface area contributed by atoms with Crippen molar-refractivity contribution in [2.45, 2.75) is 23.5 Å². The highest BCUT2D eigenvalue weighted by Crippen LogP contribution is 2.30. The van der Waals surface area contributed by atoms with E-state index in [0.717, 1.165) is 6.42 Å². The molecule has 0 amide bonds. The summed E-state index contributed by atoms with van der Waals surface area (Å²) in [5.74, 6) is 0. The molecule has 0 bridgehead atoms. The quantitative estimate of drug-likeness (QED) is 0.779. The first-order chi connectivity index (χ1) is 8.77. The van der Waals surface area contributed by atoms with Gasteiger partial charge in [0.2, 0.25) is 10.0 Å². The summed E-state index contributed by atoms with van der Waals surface area (Å²) in [6, 6.07) is 2.73. The molecule has 1 atom stereocenters. The van der Waals surface area contributed by atoms with Gasteiger partial charge in [-0.05, 0) is 24.8 Å². The summed E-state index contributed by atoms with van der Waals surface area (Å²) in [5, 5.41) is 0.702. The Hall–Kier alpha value is -0.140. The molecular formula is C11H16Cl2N2O2S2. The number of hydrogen-bond acceptors (Lipinski definition) is 4. The highest BCUT2D eigenvalue weighted by atomic mass is 35.5. The van der Waals surface area contributed by atoms with Crippen LogP contribution in [0.2, 0.25) is 10.0 Å². The van der Waals surface area contributed by atoms with E-state index in [1.807, 2.05) is 13.2 Å². The molecule has 1 rings (SSSR count). The fourth-order valence-electron chi connectivity index (χ4n) is 1.45. The number of hydrogen-bond donors (Lipinski definition) is 2. The molecular weight excluding hydrogens is 327 g/mol. The van der Waals surface area contributed by atoms with Gasteiger partial charge >= 0.3 is 0 Å². The van der Waals surface area contributed by atoms with Crippen LogP contribution in [0.3, 0.4) is 0 Å². The van der Waals surface area contributed by atoms with Crippen molar-refractivity contribution in [3.63, 3.8) is 0 Å². The van der Waals surface area contributed by atoms with Crippen LogP contribution in [0.1, 0.15) is 13.3 Å². The number of thioether (sulfide) groups is 1. The molecule has 108 valence electrons. The van der Waals surface area contributed by atoms with Gasteiger partial charge in [0.25, 0.3) is 0 Å². The van der Waals surface area contributed by atoms with Crippen LogP contribution in [0.4, 0.5) is 5.69 Å². The Morgan fingerprint density at radius 1 is 1.42 bits per heavy atom. The number of nitrogens with one attached hydrogen (secondary N) is 1. The molecule has 3 N–H and O–H groups in total. The predicted octanol–water partition coefficient (Wildman–Crippen LogP) is 3.00. The Morgan fingerprint density at radius 3 is 2.58 bits per heavy atom. The van der Waals surface area contributed by atoms with Crippen molar-refractivity contribution < 1.29 is 8.42 Å². The molecule has 0 fully saturated rings. The summed E-state index contributed by atoms with van der Waals surface area (Å²) in [6.45, 7) is 2.37. The van der Waals surface area contributed by atoms with E-state index in [9.17, 15) is 8.42 Å². The molecule has 1 aromatic rings. The Kier molecular flexibility index (Phi) is 6.26. The first kappa shape index (κ1) is 16.9. The summed E-state index contributed by atoms with van der Waals surface area (Å²) in [5.41, 5.74) is 5.72. The molecule has 1 aromatic carbocycles. The van der Waals surface area contributed by atoms with Crippen LogP contribution >= 0.6 is 35.0 Å². The highest BCUT2D eigenvalue weighted by molar-refractivity contribution is 7.99. The number of nitrogen functional groups attached to an aromatic ring is 1. The van der Waals surface area contributed by atoms with Gasteiger partial charge in [0.15, 0.2) is 0 Å². The van der Waals surface area contributed by atoms with Crippen molar-refractivity contribution in [3.05, 3.63) is 22.2 Å². The SMILES string of the molecule is CSC(C)CCNS(=O)(=O)c1c(N)cc(Cl)cc1Cl. The molecule has 0 aliphatic rings. The van der Waals surface area contributed by atoms with Crippen molar-refractivity contribution in [3.8, 4) is 0 Å². The van der Waals surface area contributed by atoms with Crippen LogP contribution in [0.25, 0.3) is 0 Å². The molecule has 0 aliphatic carbocycles. The number of rotatable bonds is 6. The van der Waals surface area contributed by atoms with Crippen molar-refractivity contribution in [1.29, 1.82) is 0 Å². The van der Waals surface area contributed by atoms with E-state index >= 15 is 0 Å². The minimum Gasteiger partial charge on any atom is -0.398 e. The van der Waals surface area contributed by atoms with Gasteiger partial charge in [-0.3, -0.25) is 0 Å². The van der Waals surface area contributed by atoms with E-state index < -0.39 is 10.0 Å². The molecule has 0 aliphatic heterocycles. The van der Waals surface area contributed by atoms with Gasteiger partial charge < -0.3 is 5.73 Å². The maximum Gasteiger partial charge on any atom is 0.244 e. The van der Waals surface area contributed by atoms with E-state index in [2.05, 4.69) is 4.72 Å². The second kappa shape index (κ2) is 7.04. The highest BCUT2D eigenvalue weighted by Gasteiger charge is 2.21. The van der Waals surface area contributed by atoms with E-state index in [0.29, 0.717) is 16.8 Å². The lowest BCUT2D eigenvalue weighted by Gasteiger charge is -2.12. The fourth-order valence-corrected chi connectivity index (χ4v) is 3.83. The van der Waals surface area contributed by atoms with E-state index in [4.69, 9.17) is 28.9 Å². The molecule has 0 radical (unpaired) electrons. The number of sulfonamides is 1. The minimum atomic E-state index is -3.72. The summed E-state index contributed by atoms with van der Waals surface area (Å²) < 4.78 is 26.8. The Bertz CT molecular complexity index is 527. The van der Waals surface area contributed by atoms with Gasteiger partial charge in [0.1, 0.15) is 4.90 Å². The number of benzene rings is 1. The normalized spacial score (nSPS) is 13.5. The van der Waals surface area contributed by atoms with Gasteiger partial charge in [-0.2, -0.15) is 11.8 Å². The van der Waals surface area contributed by atoms with Crippen molar-refractivity contribution in [2.75, 3.05) is 18.5 Å². The van der Waals surface area contributed by atoms with Crippen LogP contribution in [0.5, 0.6) is 0 Å². The minimum absolute atomic E-state index is 0.0235. The van der Waals surface area contributed by atoms with Gasteiger partial charge in [-0.15, -0.1) is 0 Å². The zero-order valence-corrected chi connectivity index (χ0v) is 13.8. The molecule has 19 heavy (non-hydrogen) atoms. The number of halogens is 2. The third-order valence-corrected chi connectivity index (χ3v) is 5.80. The first-order valence-corrected chi connectivity index (χ1v) is 9.07. The van der Waals surface area contributed by atoms with E-state index in [1.165, 1.54) is 12.1 Å². The third kappa shape index (κ3) is 4.72. The number of anilines is 1. The molecule has 1 unspecified atom stereocenters. The second-order valence-corrected chi connectivity index (χ2v) is 7.86. The fraction of sp³-hybridized carbons (Fsp3) is 0.455. The molecule has 8 heteroatoms. The van der Waals surface area contributed by atoms with Crippen molar-refractivity contribution in [2.24, 2.45) is 0 Å². The van der Waals surface area contributed by atoms with Crippen LogP contribution in [-0.2, 0) is 10.0 Å². The predicted molar refractivity (Wildman–Crippen MR) is 83.7 cm³/mol. The standard InChI is InChI=1S/C11H16Cl2N2O2S2/c1-7(18-2)3-4-15-19(16,17)11-9(13)5-8(12)6-10(11)14/h5-7,15H,3-4,14H2,1-2H3. The molecule has 0 saturated carbocycles. The van der Waals surface area contributed by atoms with Crippen LogP contribution in [0, 0.1) is 0 Å². The van der Waals surface area contributed by atoms with Crippen LogP contribution in [-0.4, -0.2) is 26.5 Å². The summed E-state index contributed by atoms with van der Waals surface area (Å²) in [7, 11) is -3.72.